The van der Waals surface area contributed by atoms with E-state index in [9.17, 15) is 25.2 Å². The molecule has 0 aromatic carbocycles. The van der Waals surface area contributed by atoms with Gasteiger partial charge in [-0.25, -0.2) is 4.79 Å². The van der Waals surface area contributed by atoms with Crippen LogP contribution in [0.2, 0.25) is 0 Å². The maximum Gasteiger partial charge on any atom is 0.317 e. The Labute approximate surface area is 161 Å². The van der Waals surface area contributed by atoms with Gasteiger partial charge in [0.2, 0.25) is 0 Å². The average Bonchev–Trinajstić information content (AvgIpc) is 2.68. The summed E-state index contributed by atoms with van der Waals surface area (Å²) in [6.07, 6.45) is 4.16. The predicted octanol–water partition coefficient (Wildman–Crippen LogP) is -0.500. The van der Waals surface area contributed by atoms with Crippen LogP contribution >= 0.6 is 0 Å². The van der Waals surface area contributed by atoms with E-state index in [1.807, 2.05) is 9.80 Å². The number of piperidine rings is 2. The van der Waals surface area contributed by atoms with E-state index in [4.69, 9.17) is 0 Å². The third kappa shape index (κ3) is 5.12. The summed E-state index contributed by atoms with van der Waals surface area (Å²) in [5.41, 5.74) is 0. The van der Waals surface area contributed by atoms with E-state index in [-0.39, 0.29) is 19.2 Å². The first kappa shape index (κ1) is 20.8. The average molecular weight is 386 g/mol. The minimum Gasteiger partial charge on any atom is -0.395 e. The molecule has 0 bridgehead atoms. The molecule has 5 N–H and O–H groups in total. The minimum atomic E-state index is -1.22. The van der Waals surface area contributed by atoms with Crippen molar-refractivity contribution >= 4 is 6.03 Å². The van der Waals surface area contributed by atoms with E-state index in [0.717, 1.165) is 25.7 Å². The summed E-state index contributed by atoms with van der Waals surface area (Å²) in [5, 5.41) is 42.6. The molecule has 0 spiro atoms. The number of urea groups is 1. The number of carbonyl (C=O) groups excluding carboxylic acids is 1. The van der Waals surface area contributed by atoms with Crippen molar-refractivity contribution in [2.24, 2.45) is 5.92 Å². The number of likely N-dealkylation sites (tertiary alicyclic amines) is 2. The van der Waals surface area contributed by atoms with Gasteiger partial charge in [0.15, 0.2) is 0 Å². The summed E-state index contributed by atoms with van der Waals surface area (Å²) in [6.45, 7) is 2.03. The molecule has 1 aliphatic carbocycles. The first-order chi connectivity index (χ1) is 13.0. The van der Waals surface area contributed by atoms with E-state index in [2.05, 4.69) is 5.32 Å². The standard InChI is InChI=1S/C19H35N3O5/c23-12-15-17(25)18(26)16(24)11-22(15)10-13-6-8-21(9-7-13)19(27)20-14-4-2-1-3-5-14/h13-18,23-26H,1-12H2,(H,20,27)/t15-,16-,17+,18+/m0/s1. The highest BCUT2D eigenvalue weighted by Crippen LogP contribution is 2.25. The molecular formula is C19H35N3O5. The van der Waals surface area contributed by atoms with Crippen molar-refractivity contribution in [2.45, 2.75) is 75.3 Å². The molecule has 2 amide bonds. The summed E-state index contributed by atoms with van der Waals surface area (Å²) in [4.78, 5) is 16.2. The smallest absolute Gasteiger partial charge is 0.317 e. The van der Waals surface area contributed by atoms with Crippen LogP contribution in [0.1, 0.15) is 44.9 Å². The summed E-state index contributed by atoms with van der Waals surface area (Å²) in [5.74, 6) is 0.340. The zero-order chi connectivity index (χ0) is 19.4. The number of amides is 2. The molecule has 2 heterocycles. The minimum absolute atomic E-state index is 0.0422. The number of aliphatic hydroxyl groups excluding tert-OH is 4. The normalized spacial score (nSPS) is 34.6. The first-order valence-electron chi connectivity index (χ1n) is 10.4. The lowest BCUT2D eigenvalue weighted by Crippen LogP contribution is -2.63. The Balaban J connectivity index is 1.45. The third-order valence-electron chi connectivity index (χ3n) is 6.54. The summed E-state index contributed by atoms with van der Waals surface area (Å²) >= 11 is 0. The zero-order valence-corrected chi connectivity index (χ0v) is 16.0. The van der Waals surface area contributed by atoms with Gasteiger partial charge in [-0.05, 0) is 31.6 Å². The highest BCUT2D eigenvalue weighted by atomic mass is 16.4. The van der Waals surface area contributed by atoms with E-state index < -0.39 is 24.4 Å². The molecule has 3 rings (SSSR count). The first-order valence-corrected chi connectivity index (χ1v) is 10.4. The van der Waals surface area contributed by atoms with Gasteiger partial charge in [0, 0.05) is 32.2 Å². The largest absolute Gasteiger partial charge is 0.395 e. The molecule has 4 atom stereocenters. The maximum absolute atomic E-state index is 12.5. The second-order valence-electron chi connectivity index (χ2n) is 8.47. The zero-order valence-electron chi connectivity index (χ0n) is 16.0. The number of nitrogens with zero attached hydrogens (tertiary/aromatic N) is 2. The van der Waals surface area contributed by atoms with Crippen molar-refractivity contribution in [2.75, 3.05) is 32.8 Å². The molecule has 0 unspecified atom stereocenters. The number of hydrogen-bond donors (Lipinski definition) is 5. The van der Waals surface area contributed by atoms with Gasteiger partial charge in [0.05, 0.1) is 18.8 Å². The Morgan fingerprint density at radius 1 is 0.963 bits per heavy atom. The lowest BCUT2D eigenvalue weighted by atomic mass is 9.90. The summed E-state index contributed by atoms with van der Waals surface area (Å²) < 4.78 is 0. The molecule has 1 saturated carbocycles. The molecular weight excluding hydrogens is 350 g/mol. The predicted molar refractivity (Wildman–Crippen MR) is 100 cm³/mol. The van der Waals surface area contributed by atoms with Crippen LogP contribution in [0.3, 0.4) is 0 Å². The van der Waals surface area contributed by atoms with E-state index in [1.165, 1.54) is 19.3 Å². The fourth-order valence-corrected chi connectivity index (χ4v) is 4.75. The van der Waals surface area contributed by atoms with Gasteiger partial charge in [0.1, 0.15) is 12.2 Å². The second kappa shape index (κ2) is 9.52. The molecule has 2 aliphatic heterocycles. The lowest BCUT2D eigenvalue weighted by Gasteiger charge is -2.45. The number of hydrogen-bond acceptors (Lipinski definition) is 6. The Morgan fingerprint density at radius 2 is 1.63 bits per heavy atom. The van der Waals surface area contributed by atoms with Crippen LogP contribution in [0.25, 0.3) is 0 Å². The van der Waals surface area contributed by atoms with Crippen LogP contribution < -0.4 is 5.32 Å². The molecule has 8 nitrogen and oxygen atoms in total. The van der Waals surface area contributed by atoms with Gasteiger partial charge in [-0.1, -0.05) is 19.3 Å². The van der Waals surface area contributed by atoms with Crippen molar-refractivity contribution in [3.05, 3.63) is 0 Å². The van der Waals surface area contributed by atoms with Crippen LogP contribution in [0.5, 0.6) is 0 Å². The Morgan fingerprint density at radius 3 is 2.26 bits per heavy atom. The molecule has 2 saturated heterocycles. The second-order valence-corrected chi connectivity index (χ2v) is 8.47. The van der Waals surface area contributed by atoms with Crippen LogP contribution in [0.15, 0.2) is 0 Å². The Hall–Kier alpha value is -0.930. The van der Waals surface area contributed by atoms with E-state index >= 15 is 0 Å². The van der Waals surface area contributed by atoms with Crippen molar-refractivity contribution in [1.29, 1.82) is 0 Å². The molecule has 156 valence electrons. The molecule has 27 heavy (non-hydrogen) atoms. The number of β-amino-alcohol motifs (C(OH)–C–C–N with tert-alkyl or cyclic N) is 1. The quantitative estimate of drug-likeness (QED) is 0.446. The molecule has 3 fully saturated rings. The lowest BCUT2D eigenvalue weighted by molar-refractivity contribution is -0.148. The van der Waals surface area contributed by atoms with Crippen LogP contribution in [-0.4, -0.2) is 99.4 Å². The van der Waals surface area contributed by atoms with E-state index in [0.29, 0.717) is 31.6 Å². The Kier molecular flexibility index (Phi) is 7.33. The van der Waals surface area contributed by atoms with Gasteiger partial charge >= 0.3 is 6.03 Å². The van der Waals surface area contributed by atoms with Gasteiger partial charge in [0.25, 0.3) is 0 Å². The van der Waals surface area contributed by atoms with E-state index in [1.54, 1.807) is 0 Å². The van der Waals surface area contributed by atoms with Gasteiger partial charge < -0.3 is 30.6 Å². The van der Waals surface area contributed by atoms with Crippen molar-refractivity contribution in [3.8, 4) is 0 Å². The number of nitrogens with one attached hydrogen (secondary N) is 1. The maximum atomic E-state index is 12.5. The molecule has 3 aliphatic rings. The monoisotopic (exact) mass is 385 g/mol. The van der Waals surface area contributed by atoms with Crippen molar-refractivity contribution in [1.82, 2.24) is 15.1 Å². The Bertz CT molecular complexity index is 480. The van der Waals surface area contributed by atoms with Crippen LogP contribution in [-0.2, 0) is 0 Å². The highest BCUT2D eigenvalue weighted by molar-refractivity contribution is 5.74. The third-order valence-corrected chi connectivity index (χ3v) is 6.54. The summed E-state index contributed by atoms with van der Waals surface area (Å²) in [6, 6.07) is -0.200. The molecule has 0 aromatic rings. The van der Waals surface area contributed by atoms with Gasteiger partial charge in [-0.15, -0.1) is 0 Å². The van der Waals surface area contributed by atoms with Gasteiger partial charge in [-0.2, -0.15) is 0 Å². The highest BCUT2D eigenvalue weighted by Gasteiger charge is 2.41. The number of aliphatic hydroxyl groups is 4. The van der Waals surface area contributed by atoms with Crippen molar-refractivity contribution < 1.29 is 25.2 Å². The topological polar surface area (TPSA) is 117 Å². The number of rotatable bonds is 4. The molecule has 0 aromatic heterocycles. The van der Waals surface area contributed by atoms with Crippen molar-refractivity contribution in [3.63, 3.8) is 0 Å². The summed E-state index contributed by atoms with van der Waals surface area (Å²) in [7, 11) is 0. The van der Waals surface area contributed by atoms with Gasteiger partial charge in [-0.3, -0.25) is 4.90 Å². The fraction of sp³-hybridized carbons (Fsp3) is 0.947. The SMILES string of the molecule is O=C(NC1CCCCC1)N1CCC(CN2C[C@H](O)[C@@H](O)[C@H](O)[C@@H]2CO)CC1. The number of carbonyl (C=O) groups is 1. The van der Waals surface area contributed by atoms with Crippen LogP contribution in [0, 0.1) is 5.92 Å². The van der Waals surface area contributed by atoms with Crippen LogP contribution in [0.4, 0.5) is 4.79 Å². The molecule has 8 heteroatoms. The molecule has 0 radical (unpaired) electrons. The fourth-order valence-electron chi connectivity index (χ4n) is 4.75.